The van der Waals surface area contributed by atoms with E-state index >= 15 is 0 Å². The lowest BCUT2D eigenvalue weighted by molar-refractivity contribution is 0.170. The summed E-state index contributed by atoms with van der Waals surface area (Å²) in [6, 6.07) is 6.72. The van der Waals surface area contributed by atoms with E-state index in [9.17, 15) is 4.39 Å². The Kier molecular flexibility index (Phi) is 2.65. The second-order valence-electron chi connectivity index (χ2n) is 4.50. The summed E-state index contributed by atoms with van der Waals surface area (Å²) in [5, 5.41) is 9.11. The highest BCUT2D eigenvalue weighted by Crippen LogP contribution is 2.35. The summed E-state index contributed by atoms with van der Waals surface area (Å²) in [7, 11) is 0. The molecule has 0 aliphatic heterocycles. The van der Waals surface area contributed by atoms with Crippen LogP contribution in [0, 0.1) is 0 Å². The molecule has 0 aromatic heterocycles. The predicted molar refractivity (Wildman–Crippen MR) is 57.5 cm³/mol. The first-order valence-corrected chi connectivity index (χ1v) is 5.30. The van der Waals surface area contributed by atoms with E-state index in [1.54, 1.807) is 24.3 Å². The molecule has 15 heavy (non-hydrogen) atoms. The normalized spacial score (nSPS) is 30.7. The summed E-state index contributed by atoms with van der Waals surface area (Å²) in [6.45, 7) is 0. The highest BCUT2D eigenvalue weighted by atomic mass is 19.1. The molecule has 1 fully saturated rings. The van der Waals surface area contributed by atoms with Crippen LogP contribution in [0.5, 0.6) is 5.75 Å². The Morgan fingerprint density at radius 1 is 1.40 bits per heavy atom. The van der Waals surface area contributed by atoms with Crippen LogP contribution < -0.4 is 5.73 Å². The Hall–Kier alpha value is -1.09. The van der Waals surface area contributed by atoms with E-state index in [0.717, 1.165) is 12.0 Å². The predicted octanol–water partition coefficient (Wildman–Crippen LogP) is 2.15. The molecule has 0 bridgehead atoms. The zero-order chi connectivity index (χ0) is 10.9. The molecule has 3 N–H and O–H groups in total. The summed E-state index contributed by atoms with van der Waals surface area (Å²) in [5.41, 5.74) is 5.49. The zero-order valence-electron chi connectivity index (χ0n) is 8.62. The molecule has 2 nitrogen and oxygen atoms in total. The molecule has 1 aromatic carbocycles. The van der Waals surface area contributed by atoms with Gasteiger partial charge in [0.25, 0.3) is 0 Å². The molecule has 1 saturated carbocycles. The first-order chi connectivity index (χ1) is 7.07. The molecule has 82 valence electrons. The molecule has 1 aliphatic carbocycles. The van der Waals surface area contributed by atoms with Crippen molar-refractivity contribution in [2.45, 2.75) is 37.4 Å². The first kappa shape index (κ1) is 10.4. The fraction of sp³-hybridized carbons (Fsp3) is 0.500. The van der Waals surface area contributed by atoms with Gasteiger partial charge in [-0.15, -0.1) is 0 Å². The van der Waals surface area contributed by atoms with Crippen molar-refractivity contribution in [3.8, 4) is 5.75 Å². The third-order valence-corrected chi connectivity index (χ3v) is 3.05. The molecule has 0 radical (unpaired) electrons. The average Bonchev–Trinajstić information content (AvgIpc) is 2.50. The molecule has 2 unspecified atom stereocenters. The van der Waals surface area contributed by atoms with Crippen LogP contribution >= 0.6 is 0 Å². The van der Waals surface area contributed by atoms with Crippen molar-refractivity contribution < 1.29 is 9.50 Å². The highest BCUT2D eigenvalue weighted by Gasteiger charge is 2.37. The van der Waals surface area contributed by atoms with Gasteiger partial charge in [-0.3, -0.25) is 0 Å². The van der Waals surface area contributed by atoms with Gasteiger partial charge in [0.2, 0.25) is 0 Å². The van der Waals surface area contributed by atoms with Crippen LogP contribution in [0.1, 0.15) is 24.8 Å². The number of hydrogen-bond acceptors (Lipinski definition) is 2. The van der Waals surface area contributed by atoms with Crippen LogP contribution in [-0.4, -0.2) is 16.8 Å². The zero-order valence-corrected chi connectivity index (χ0v) is 8.62. The lowest BCUT2D eigenvalue weighted by atomic mass is 9.94. The van der Waals surface area contributed by atoms with Gasteiger partial charge in [-0.25, -0.2) is 4.39 Å². The van der Waals surface area contributed by atoms with Crippen LogP contribution in [0.3, 0.4) is 0 Å². The van der Waals surface area contributed by atoms with E-state index in [-0.39, 0.29) is 11.8 Å². The summed E-state index contributed by atoms with van der Waals surface area (Å²) >= 11 is 0. The van der Waals surface area contributed by atoms with E-state index in [1.807, 2.05) is 0 Å². The van der Waals surface area contributed by atoms with Gasteiger partial charge in [0, 0.05) is 12.5 Å². The van der Waals surface area contributed by atoms with Crippen molar-refractivity contribution in [2.75, 3.05) is 0 Å². The van der Waals surface area contributed by atoms with Gasteiger partial charge in [0.1, 0.15) is 11.4 Å². The minimum Gasteiger partial charge on any atom is -0.508 e. The van der Waals surface area contributed by atoms with Gasteiger partial charge >= 0.3 is 0 Å². The number of halogens is 1. The maximum Gasteiger partial charge on any atom is 0.116 e. The van der Waals surface area contributed by atoms with Gasteiger partial charge in [0.15, 0.2) is 0 Å². The van der Waals surface area contributed by atoms with Crippen molar-refractivity contribution in [3.05, 3.63) is 29.8 Å². The van der Waals surface area contributed by atoms with Crippen LogP contribution in [0.25, 0.3) is 0 Å². The molecule has 0 saturated heterocycles. The molecule has 2 rings (SSSR count). The summed E-state index contributed by atoms with van der Waals surface area (Å²) in [6.07, 6.45) is 2.18. The maximum absolute atomic E-state index is 14.2. The Morgan fingerprint density at radius 3 is 2.60 bits per heavy atom. The molecule has 0 heterocycles. The summed E-state index contributed by atoms with van der Waals surface area (Å²) < 4.78 is 14.2. The second-order valence-corrected chi connectivity index (χ2v) is 4.50. The lowest BCUT2D eigenvalue weighted by Gasteiger charge is -2.19. The van der Waals surface area contributed by atoms with Crippen LogP contribution in [0.2, 0.25) is 0 Å². The van der Waals surface area contributed by atoms with E-state index < -0.39 is 5.67 Å². The highest BCUT2D eigenvalue weighted by molar-refractivity contribution is 5.27. The Morgan fingerprint density at radius 2 is 2.07 bits per heavy atom. The second kappa shape index (κ2) is 3.81. The van der Waals surface area contributed by atoms with Crippen molar-refractivity contribution in [3.63, 3.8) is 0 Å². The Bertz CT molecular complexity index is 338. The van der Waals surface area contributed by atoms with Gasteiger partial charge < -0.3 is 10.8 Å². The quantitative estimate of drug-likeness (QED) is 0.784. The first-order valence-electron chi connectivity index (χ1n) is 5.30. The number of rotatable bonds is 2. The average molecular weight is 209 g/mol. The number of hydrogen-bond donors (Lipinski definition) is 2. The lowest BCUT2D eigenvalue weighted by Crippen LogP contribution is -2.25. The van der Waals surface area contributed by atoms with Crippen LogP contribution in [0.15, 0.2) is 24.3 Å². The number of phenols is 1. The van der Waals surface area contributed by atoms with Crippen molar-refractivity contribution >= 4 is 0 Å². The Balaban J connectivity index is 2.05. The molecular weight excluding hydrogens is 193 g/mol. The summed E-state index contributed by atoms with van der Waals surface area (Å²) in [4.78, 5) is 0. The molecule has 0 amide bonds. The third-order valence-electron chi connectivity index (χ3n) is 3.05. The molecule has 0 spiro atoms. The molecule has 3 heteroatoms. The van der Waals surface area contributed by atoms with E-state index in [1.165, 1.54) is 0 Å². The minimum atomic E-state index is -1.14. The number of alkyl halides is 1. The smallest absolute Gasteiger partial charge is 0.116 e. The van der Waals surface area contributed by atoms with E-state index in [4.69, 9.17) is 10.8 Å². The largest absolute Gasteiger partial charge is 0.508 e. The van der Waals surface area contributed by atoms with Crippen LogP contribution in [0.4, 0.5) is 4.39 Å². The topological polar surface area (TPSA) is 46.2 Å². The maximum atomic E-state index is 14.2. The Labute approximate surface area is 88.9 Å². The summed E-state index contributed by atoms with van der Waals surface area (Å²) in [5.74, 6) is 0.217. The number of phenolic OH excluding ortho intramolecular Hbond substituents is 1. The number of nitrogens with two attached hydrogens (primary N) is 1. The number of aromatic hydroxyl groups is 1. The van der Waals surface area contributed by atoms with E-state index in [2.05, 4.69) is 0 Å². The van der Waals surface area contributed by atoms with E-state index in [0.29, 0.717) is 19.3 Å². The fourth-order valence-electron chi connectivity index (χ4n) is 2.26. The third kappa shape index (κ3) is 2.48. The number of benzene rings is 1. The molecule has 2 atom stereocenters. The SMILES string of the molecule is NC1CCC(F)(Cc2ccc(O)cc2)C1. The van der Waals surface area contributed by atoms with Gasteiger partial charge in [-0.1, -0.05) is 12.1 Å². The van der Waals surface area contributed by atoms with Crippen molar-refractivity contribution in [2.24, 2.45) is 5.73 Å². The van der Waals surface area contributed by atoms with Gasteiger partial charge in [-0.2, -0.15) is 0 Å². The standard InChI is InChI=1S/C12H16FNO/c13-12(6-5-10(14)8-12)7-9-1-3-11(15)4-2-9/h1-4,10,15H,5-8,14H2. The van der Waals surface area contributed by atoms with Crippen molar-refractivity contribution in [1.29, 1.82) is 0 Å². The minimum absolute atomic E-state index is 0.00659. The monoisotopic (exact) mass is 209 g/mol. The fourth-order valence-corrected chi connectivity index (χ4v) is 2.26. The van der Waals surface area contributed by atoms with Crippen molar-refractivity contribution in [1.82, 2.24) is 0 Å². The van der Waals surface area contributed by atoms with Gasteiger partial charge in [0.05, 0.1) is 0 Å². The molecular formula is C12H16FNO. The van der Waals surface area contributed by atoms with Gasteiger partial charge in [-0.05, 0) is 37.0 Å². The van der Waals surface area contributed by atoms with Crippen LogP contribution in [-0.2, 0) is 6.42 Å². The molecule has 1 aliphatic rings. The molecule has 1 aromatic rings.